The van der Waals surface area contributed by atoms with Gasteiger partial charge in [0.05, 0.1) is 24.2 Å². The number of benzene rings is 1. The van der Waals surface area contributed by atoms with Crippen molar-refractivity contribution >= 4 is 28.3 Å². The summed E-state index contributed by atoms with van der Waals surface area (Å²) < 4.78 is 31.8. The molecule has 1 aromatic rings. The van der Waals surface area contributed by atoms with Gasteiger partial charge < -0.3 is 15.4 Å². The number of hydrogen-bond acceptors (Lipinski definition) is 5. The van der Waals surface area contributed by atoms with Crippen LogP contribution in [0.15, 0.2) is 29.2 Å². The number of ether oxygens (including phenoxy) is 1. The predicted molar refractivity (Wildman–Crippen MR) is 101 cm³/mol. The molecule has 1 aromatic carbocycles. The van der Waals surface area contributed by atoms with Crippen LogP contribution in [0.5, 0.6) is 0 Å². The smallest absolute Gasteiger partial charge is 0.243 e. The fourth-order valence-corrected chi connectivity index (χ4v) is 4.51. The lowest BCUT2D eigenvalue weighted by molar-refractivity contribution is -0.123. The van der Waals surface area contributed by atoms with Crippen LogP contribution >= 0.6 is 12.4 Å². The van der Waals surface area contributed by atoms with Crippen molar-refractivity contribution in [1.82, 2.24) is 14.9 Å². The summed E-state index contributed by atoms with van der Waals surface area (Å²) in [6.07, 6.45) is 3.05. The van der Waals surface area contributed by atoms with Crippen LogP contribution in [-0.2, 0) is 26.1 Å². The summed E-state index contributed by atoms with van der Waals surface area (Å²) in [6, 6.07) is 6.59. The Bertz CT molecular complexity index is 684. The van der Waals surface area contributed by atoms with Gasteiger partial charge in [0, 0.05) is 19.6 Å². The average Bonchev–Trinajstić information content (AvgIpc) is 2.68. The van der Waals surface area contributed by atoms with E-state index < -0.39 is 10.0 Å². The van der Waals surface area contributed by atoms with Gasteiger partial charge >= 0.3 is 0 Å². The number of carbonyl (C=O) groups excluding carboxylic acids is 1. The SMILES string of the molecule is Cl.O=C(NCc1ccc(S(=O)(=O)N2CCOCC2)cc1)C1CCCCN1. The summed E-state index contributed by atoms with van der Waals surface area (Å²) in [5.41, 5.74) is 0.880. The third kappa shape index (κ3) is 5.17. The van der Waals surface area contributed by atoms with Crippen molar-refractivity contribution < 1.29 is 17.9 Å². The van der Waals surface area contributed by atoms with Crippen molar-refractivity contribution in [3.05, 3.63) is 29.8 Å². The van der Waals surface area contributed by atoms with Gasteiger partial charge in [-0.25, -0.2) is 8.42 Å². The topological polar surface area (TPSA) is 87.7 Å². The number of carbonyl (C=O) groups is 1. The van der Waals surface area contributed by atoms with Crippen LogP contribution in [-0.4, -0.2) is 57.5 Å². The molecule has 2 saturated heterocycles. The molecule has 7 nitrogen and oxygen atoms in total. The van der Waals surface area contributed by atoms with Crippen LogP contribution in [0.1, 0.15) is 24.8 Å². The molecular formula is C17H26ClN3O4S. The summed E-state index contributed by atoms with van der Waals surface area (Å²) in [4.78, 5) is 12.4. The number of piperidine rings is 1. The van der Waals surface area contributed by atoms with Crippen LogP contribution in [0.4, 0.5) is 0 Å². The van der Waals surface area contributed by atoms with Gasteiger partial charge in [-0.2, -0.15) is 4.31 Å². The second kappa shape index (κ2) is 9.66. The van der Waals surface area contributed by atoms with Gasteiger partial charge in [-0.3, -0.25) is 4.79 Å². The Morgan fingerprint density at radius 2 is 1.88 bits per heavy atom. The van der Waals surface area contributed by atoms with Crippen molar-refractivity contribution in [3.8, 4) is 0 Å². The average molecular weight is 404 g/mol. The Labute approximate surface area is 160 Å². The van der Waals surface area contributed by atoms with E-state index in [1.165, 1.54) is 4.31 Å². The molecular weight excluding hydrogens is 378 g/mol. The molecule has 2 aliphatic rings. The zero-order valence-electron chi connectivity index (χ0n) is 14.6. The van der Waals surface area contributed by atoms with Gasteiger partial charge in [0.2, 0.25) is 15.9 Å². The molecule has 146 valence electrons. The van der Waals surface area contributed by atoms with Crippen molar-refractivity contribution in [2.24, 2.45) is 0 Å². The van der Waals surface area contributed by atoms with E-state index in [4.69, 9.17) is 4.74 Å². The van der Waals surface area contributed by atoms with E-state index in [-0.39, 0.29) is 29.3 Å². The predicted octanol–water partition coefficient (Wildman–Crippen LogP) is 0.888. The standard InChI is InChI=1S/C17H25N3O4S.ClH/c21-17(16-3-1-2-8-18-16)19-13-14-4-6-15(7-5-14)25(22,23)20-9-11-24-12-10-20;/h4-7,16,18H,1-3,8-13H2,(H,19,21);1H. The first-order valence-corrected chi connectivity index (χ1v) is 10.2. The molecule has 26 heavy (non-hydrogen) atoms. The van der Waals surface area contributed by atoms with E-state index >= 15 is 0 Å². The molecule has 1 atom stereocenters. The molecule has 0 spiro atoms. The quantitative estimate of drug-likeness (QED) is 0.762. The van der Waals surface area contributed by atoms with E-state index in [9.17, 15) is 13.2 Å². The van der Waals surface area contributed by atoms with Crippen molar-refractivity contribution in [1.29, 1.82) is 0 Å². The Hall–Kier alpha value is -1.19. The van der Waals surface area contributed by atoms with Gasteiger partial charge in [0.15, 0.2) is 0 Å². The maximum absolute atomic E-state index is 12.6. The maximum Gasteiger partial charge on any atom is 0.243 e. The number of amides is 1. The summed E-state index contributed by atoms with van der Waals surface area (Å²) in [5, 5.41) is 6.13. The Morgan fingerprint density at radius 3 is 2.50 bits per heavy atom. The minimum atomic E-state index is -3.47. The van der Waals surface area contributed by atoms with Gasteiger partial charge in [0.1, 0.15) is 0 Å². The molecule has 2 N–H and O–H groups in total. The zero-order valence-corrected chi connectivity index (χ0v) is 16.3. The molecule has 0 aliphatic carbocycles. The first-order valence-electron chi connectivity index (χ1n) is 8.75. The number of halogens is 1. The minimum Gasteiger partial charge on any atom is -0.379 e. The van der Waals surface area contributed by atoms with Gasteiger partial charge in [-0.15, -0.1) is 12.4 Å². The highest BCUT2D eigenvalue weighted by molar-refractivity contribution is 7.89. The van der Waals surface area contributed by atoms with E-state index in [0.29, 0.717) is 32.8 Å². The highest BCUT2D eigenvalue weighted by Crippen LogP contribution is 2.17. The van der Waals surface area contributed by atoms with Crippen molar-refractivity contribution in [3.63, 3.8) is 0 Å². The molecule has 1 amide bonds. The van der Waals surface area contributed by atoms with E-state index in [2.05, 4.69) is 10.6 Å². The first kappa shape index (κ1) is 21.1. The number of nitrogens with zero attached hydrogens (tertiary/aromatic N) is 1. The largest absolute Gasteiger partial charge is 0.379 e. The third-order valence-electron chi connectivity index (χ3n) is 4.62. The Balaban J connectivity index is 0.00000243. The van der Waals surface area contributed by atoms with Gasteiger partial charge in [-0.1, -0.05) is 18.6 Å². The summed E-state index contributed by atoms with van der Waals surface area (Å²) in [6.45, 7) is 2.90. The third-order valence-corrected chi connectivity index (χ3v) is 6.54. The molecule has 0 aromatic heterocycles. The monoisotopic (exact) mass is 403 g/mol. The second-order valence-corrected chi connectivity index (χ2v) is 8.32. The summed E-state index contributed by atoms with van der Waals surface area (Å²) in [7, 11) is -3.47. The van der Waals surface area contributed by atoms with Crippen LogP contribution < -0.4 is 10.6 Å². The molecule has 2 fully saturated rings. The van der Waals surface area contributed by atoms with E-state index in [1.807, 2.05) is 0 Å². The fourth-order valence-electron chi connectivity index (χ4n) is 3.10. The Kier molecular flexibility index (Phi) is 7.85. The number of hydrogen-bond donors (Lipinski definition) is 2. The van der Waals surface area contributed by atoms with E-state index in [0.717, 1.165) is 31.4 Å². The lowest BCUT2D eigenvalue weighted by Crippen LogP contribution is -2.46. The second-order valence-electron chi connectivity index (χ2n) is 6.38. The molecule has 0 bridgehead atoms. The zero-order chi connectivity index (χ0) is 17.7. The molecule has 1 unspecified atom stereocenters. The molecule has 2 heterocycles. The van der Waals surface area contributed by atoms with Crippen molar-refractivity contribution in [2.75, 3.05) is 32.8 Å². The summed E-state index contributed by atoms with van der Waals surface area (Å²) in [5.74, 6) is 0.00437. The van der Waals surface area contributed by atoms with Crippen LogP contribution in [0, 0.1) is 0 Å². The molecule has 0 radical (unpaired) electrons. The minimum absolute atomic E-state index is 0. The molecule has 9 heteroatoms. The number of morpholine rings is 1. The highest BCUT2D eigenvalue weighted by Gasteiger charge is 2.26. The first-order chi connectivity index (χ1) is 12.1. The Morgan fingerprint density at radius 1 is 1.19 bits per heavy atom. The maximum atomic E-state index is 12.6. The van der Waals surface area contributed by atoms with Crippen LogP contribution in [0.3, 0.4) is 0 Å². The highest BCUT2D eigenvalue weighted by atomic mass is 35.5. The van der Waals surface area contributed by atoms with Crippen molar-refractivity contribution in [2.45, 2.75) is 36.7 Å². The number of rotatable bonds is 5. The van der Waals surface area contributed by atoms with E-state index in [1.54, 1.807) is 24.3 Å². The molecule has 3 rings (SSSR count). The molecule has 2 aliphatic heterocycles. The molecule has 0 saturated carbocycles. The fraction of sp³-hybridized carbons (Fsp3) is 0.588. The number of nitrogens with one attached hydrogen (secondary N) is 2. The van der Waals surface area contributed by atoms with Crippen LogP contribution in [0.2, 0.25) is 0 Å². The number of sulfonamides is 1. The van der Waals surface area contributed by atoms with Crippen LogP contribution in [0.25, 0.3) is 0 Å². The van der Waals surface area contributed by atoms with Gasteiger partial charge in [0.25, 0.3) is 0 Å². The lowest BCUT2D eigenvalue weighted by atomic mass is 10.0. The van der Waals surface area contributed by atoms with Gasteiger partial charge in [-0.05, 0) is 37.1 Å². The normalized spacial score (nSPS) is 21.6. The summed E-state index contributed by atoms with van der Waals surface area (Å²) >= 11 is 0. The lowest BCUT2D eigenvalue weighted by Gasteiger charge is -2.26.